The number of anilines is 1. The molecule has 0 atom stereocenters. The lowest BCUT2D eigenvalue weighted by molar-refractivity contribution is 0.0797. The number of rotatable bonds is 3. The third kappa shape index (κ3) is 1.69. The van der Waals surface area contributed by atoms with Crippen LogP contribution in [0, 0.1) is 0 Å². The molecule has 0 spiro atoms. The van der Waals surface area contributed by atoms with Gasteiger partial charge in [-0.2, -0.15) is 5.10 Å². The maximum absolute atomic E-state index is 11.8. The molecule has 5 nitrogen and oxygen atoms in total. The first-order chi connectivity index (χ1) is 7.15. The molecular weight excluding hydrogens is 192 g/mol. The monoisotopic (exact) mass is 208 g/mol. The summed E-state index contributed by atoms with van der Waals surface area (Å²) < 4.78 is 0. The number of nitrogens with zero attached hydrogens (tertiary/aromatic N) is 2. The molecule has 1 aromatic rings. The van der Waals surface area contributed by atoms with Gasteiger partial charge in [0.25, 0.3) is 5.91 Å². The van der Waals surface area contributed by atoms with E-state index in [1.807, 2.05) is 6.92 Å². The summed E-state index contributed by atoms with van der Waals surface area (Å²) in [4.78, 5) is 13.4. The fourth-order valence-electron chi connectivity index (χ4n) is 1.53. The van der Waals surface area contributed by atoms with Crippen molar-refractivity contribution in [1.82, 2.24) is 15.1 Å². The third-order valence-electron chi connectivity index (χ3n) is 2.84. The highest BCUT2D eigenvalue weighted by Crippen LogP contribution is 2.42. The highest BCUT2D eigenvalue weighted by atomic mass is 16.2. The number of amides is 1. The van der Waals surface area contributed by atoms with Gasteiger partial charge in [-0.05, 0) is 19.8 Å². The average Bonchev–Trinajstić information content (AvgIpc) is 3.01. The second-order valence-electron chi connectivity index (χ2n) is 3.99. The van der Waals surface area contributed by atoms with Crippen LogP contribution >= 0.6 is 0 Å². The van der Waals surface area contributed by atoms with Crippen LogP contribution in [0.2, 0.25) is 0 Å². The molecule has 1 aromatic heterocycles. The Morgan fingerprint density at radius 3 is 2.87 bits per heavy atom. The normalized spacial score (nSPS) is 15.3. The highest BCUT2D eigenvalue weighted by molar-refractivity contribution is 5.97. The van der Waals surface area contributed by atoms with Gasteiger partial charge in [0, 0.05) is 19.5 Å². The smallest absolute Gasteiger partial charge is 0.276 e. The number of H-pyrrole nitrogens is 1. The molecule has 82 valence electrons. The highest BCUT2D eigenvalue weighted by Gasteiger charge is 2.30. The maximum atomic E-state index is 11.8. The zero-order valence-corrected chi connectivity index (χ0v) is 9.08. The van der Waals surface area contributed by atoms with E-state index < -0.39 is 0 Å². The quantitative estimate of drug-likeness (QED) is 0.777. The second kappa shape index (κ2) is 3.56. The Morgan fingerprint density at radius 1 is 1.67 bits per heavy atom. The van der Waals surface area contributed by atoms with Gasteiger partial charge in [0.05, 0.1) is 11.4 Å². The number of hydrogen-bond donors (Lipinski definition) is 2. The Bertz CT molecular complexity index is 381. The first kappa shape index (κ1) is 10.0. The van der Waals surface area contributed by atoms with E-state index in [1.165, 1.54) is 0 Å². The van der Waals surface area contributed by atoms with Crippen LogP contribution in [-0.2, 0) is 0 Å². The Labute approximate surface area is 88.6 Å². The van der Waals surface area contributed by atoms with Crippen molar-refractivity contribution in [2.75, 3.05) is 19.3 Å². The van der Waals surface area contributed by atoms with E-state index in [1.54, 1.807) is 11.9 Å². The SMILES string of the molecule is CCN(C)C(=O)c1n[nH]c(C2CC2)c1N. The lowest BCUT2D eigenvalue weighted by atomic mass is 10.2. The lowest BCUT2D eigenvalue weighted by Gasteiger charge is -2.12. The number of aromatic nitrogens is 2. The fraction of sp³-hybridized carbons (Fsp3) is 0.600. The molecule has 15 heavy (non-hydrogen) atoms. The van der Waals surface area contributed by atoms with Gasteiger partial charge >= 0.3 is 0 Å². The summed E-state index contributed by atoms with van der Waals surface area (Å²) in [5.74, 6) is 0.379. The number of hydrogen-bond acceptors (Lipinski definition) is 3. The first-order valence-corrected chi connectivity index (χ1v) is 5.24. The molecule has 0 radical (unpaired) electrons. The van der Waals surface area contributed by atoms with Crippen LogP contribution in [0.1, 0.15) is 41.9 Å². The predicted molar refractivity (Wildman–Crippen MR) is 57.6 cm³/mol. The second-order valence-corrected chi connectivity index (χ2v) is 3.99. The molecule has 3 N–H and O–H groups in total. The average molecular weight is 208 g/mol. The van der Waals surface area contributed by atoms with Crippen molar-refractivity contribution < 1.29 is 4.79 Å². The first-order valence-electron chi connectivity index (χ1n) is 5.24. The van der Waals surface area contributed by atoms with E-state index in [4.69, 9.17) is 5.73 Å². The van der Waals surface area contributed by atoms with Crippen molar-refractivity contribution in [3.8, 4) is 0 Å². The number of nitrogens with one attached hydrogen (secondary N) is 1. The molecule has 1 fully saturated rings. The number of carbonyl (C=O) groups excluding carboxylic acids is 1. The molecule has 1 aliphatic rings. The standard InChI is InChI=1S/C10H16N4O/c1-3-14(2)10(15)9-7(11)8(12-13-9)6-4-5-6/h6H,3-5,11H2,1-2H3,(H,12,13). The van der Waals surface area contributed by atoms with Gasteiger partial charge in [-0.25, -0.2) is 0 Å². The van der Waals surface area contributed by atoms with Gasteiger partial charge in [-0.3, -0.25) is 9.89 Å². The van der Waals surface area contributed by atoms with Crippen LogP contribution in [-0.4, -0.2) is 34.6 Å². The van der Waals surface area contributed by atoms with Gasteiger partial charge in [-0.1, -0.05) is 0 Å². The Balaban J connectivity index is 2.24. The van der Waals surface area contributed by atoms with Crippen LogP contribution in [0.4, 0.5) is 5.69 Å². The Morgan fingerprint density at radius 2 is 2.33 bits per heavy atom. The van der Waals surface area contributed by atoms with Crippen molar-refractivity contribution in [2.24, 2.45) is 0 Å². The molecule has 1 amide bonds. The minimum absolute atomic E-state index is 0.113. The molecule has 2 rings (SSSR count). The van der Waals surface area contributed by atoms with Crippen LogP contribution < -0.4 is 5.73 Å². The molecule has 1 heterocycles. The number of nitrogen functional groups attached to an aromatic ring is 1. The number of aromatic amines is 1. The molecule has 5 heteroatoms. The van der Waals surface area contributed by atoms with E-state index in [9.17, 15) is 4.79 Å². The van der Waals surface area contributed by atoms with E-state index in [0.29, 0.717) is 23.8 Å². The molecule has 1 saturated carbocycles. The molecule has 1 aliphatic carbocycles. The summed E-state index contributed by atoms with van der Waals surface area (Å²) in [5, 5.41) is 6.88. The van der Waals surface area contributed by atoms with Crippen molar-refractivity contribution >= 4 is 11.6 Å². The van der Waals surface area contributed by atoms with E-state index >= 15 is 0 Å². The van der Waals surface area contributed by atoms with Crippen molar-refractivity contribution in [1.29, 1.82) is 0 Å². The minimum Gasteiger partial charge on any atom is -0.395 e. The molecule has 0 saturated heterocycles. The van der Waals surface area contributed by atoms with Crippen LogP contribution in [0.25, 0.3) is 0 Å². The molecule has 0 bridgehead atoms. The van der Waals surface area contributed by atoms with Crippen LogP contribution in [0.5, 0.6) is 0 Å². The fourth-order valence-corrected chi connectivity index (χ4v) is 1.53. The predicted octanol–water partition coefficient (Wildman–Crippen LogP) is 0.961. The van der Waals surface area contributed by atoms with E-state index in [2.05, 4.69) is 10.2 Å². The lowest BCUT2D eigenvalue weighted by Crippen LogP contribution is -2.27. The number of nitrogens with two attached hydrogens (primary N) is 1. The molecule has 0 aliphatic heterocycles. The van der Waals surface area contributed by atoms with Gasteiger partial charge < -0.3 is 10.6 Å². The summed E-state index contributed by atoms with van der Waals surface area (Å²) in [5.41, 5.74) is 7.72. The topological polar surface area (TPSA) is 75.0 Å². The summed E-state index contributed by atoms with van der Waals surface area (Å²) in [6.07, 6.45) is 2.29. The number of carbonyl (C=O) groups is 1. The van der Waals surface area contributed by atoms with Gasteiger partial charge in [0.15, 0.2) is 5.69 Å². The van der Waals surface area contributed by atoms with Crippen LogP contribution in [0.15, 0.2) is 0 Å². The Kier molecular flexibility index (Phi) is 2.38. The van der Waals surface area contributed by atoms with Crippen LogP contribution in [0.3, 0.4) is 0 Å². The summed E-state index contributed by atoms with van der Waals surface area (Å²) >= 11 is 0. The zero-order valence-electron chi connectivity index (χ0n) is 9.08. The minimum atomic E-state index is -0.113. The molecule has 0 aromatic carbocycles. The van der Waals surface area contributed by atoms with Gasteiger partial charge in [0.1, 0.15) is 0 Å². The van der Waals surface area contributed by atoms with E-state index in [-0.39, 0.29) is 5.91 Å². The summed E-state index contributed by atoms with van der Waals surface area (Å²) in [6, 6.07) is 0. The third-order valence-corrected chi connectivity index (χ3v) is 2.84. The van der Waals surface area contributed by atoms with E-state index in [0.717, 1.165) is 18.5 Å². The summed E-state index contributed by atoms with van der Waals surface area (Å²) in [7, 11) is 1.74. The van der Waals surface area contributed by atoms with Gasteiger partial charge in [0.2, 0.25) is 0 Å². The largest absolute Gasteiger partial charge is 0.395 e. The van der Waals surface area contributed by atoms with Crippen molar-refractivity contribution in [3.63, 3.8) is 0 Å². The molecule has 0 unspecified atom stereocenters. The summed E-state index contributed by atoms with van der Waals surface area (Å²) in [6.45, 7) is 2.58. The van der Waals surface area contributed by atoms with Gasteiger partial charge in [-0.15, -0.1) is 0 Å². The zero-order chi connectivity index (χ0) is 11.0. The van der Waals surface area contributed by atoms with Crippen molar-refractivity contribution in [3.05, 3.63) is 11.4 Å². The van der Waals surface area contributed by atoms with Crippen molar-refractivity contribution in [2.45, 2.75) is 25.7 Å². The Hall–Kier alpha value is -1.52. The molecular formula is C10H16N4O. The maximum Gasteiger partial charge on any atom is 0.276 e.